The number of thiazole rings is 1. The van der Waals surface area contributed by atoms with Gasteiger partial charge in [-0.05, 0) is 42.0 Å². The molecule has 2 amide bonds. The lowest BCUT2D eigenvalue weighted by Crippen LogP contribution is -2.22. The van der Waals surface area contributed by atoms with Crippen LogP contribution >= 0.6 is 11.3 Å². The maximum Gasteiger partial charge on any atom is 0.274 e. The van der Waals surface area contributed by atoms with Crippen LogP contribution in [-0.2, 0) is 17.9 Å². The molecule has 11 heteroatoms. The number of nitrogens with one attached hydrogen (secondary N) is 2. The van der Waals surface area contributed by atoms with E-state index in [1.807, 2.05) is 16.1 Å². The van der Waals surface area contributed by atoms with E-state index in [1.54, 1.807) is 41.1 Å². The second kappa shape index (κ2) is 8.79. The van der Waals surface area contributed by atoms with Crippen molar-refractivity contribution in [1.82, 2.24) is 24.1 Å². The molecule has 0 spiro atoms. The normalized spacial score (nSPS) is 13.2. The highest BCUT2D eigenvalue weighted by atomic mass is 32.1. The number of amides is 2. The summed E-state index contributed by atoms with van der Waals surface area (Å²) in [4.78, 5) is 36.6. The molecule has 33 heavy (non-hydrogen) atoms. The van der Waals surface area contributed by atoms with Gasteiger partial charge in [-0.1, -0.05) is 0 Å². The number of hydrogen-bond donors (Lipinski definition) is 2. The summed E-state index contributed by atoms with van der Waals surface area (Å²) >= 11 is 1.31. The van der Waals surface area contributed by atoms with Gasteiger partial charge in [0.15, 0.2) is 5.13 Å². The van der Waals surface area contributed by atoms with E-state index >= 15 is 0 Å². The van der Waals surface area contributed by atoms with Crippen LogP contribution in [-0.4, -0.2) is 35.9 Å². The van der Waals surface area contributed by atoms with Gasteiger partial charge < -0.3 is 9.13 Å². The van der Waals surface area contributed by atoms with Gasteiger partial charge in [-0.3, -0.25) is 20.2 Å². The first-order chi connectivity index (χ1) is 16.0. The van der Waals surface area contributed by atoms with E-state index < -0.39 is 5.95 Å². The van der Waals surface area contributed by atoms with Gasteiger partial charge in [-0.15, -0.1) is 11.3 Å². The Morgan fingerprint density at radius 3 is 3.03 bits per heavy atom. The molecular formula is C22H18FN7O2S. The van der Waals surface area contributed by atoms with Crippen molar-refractivity contribution >= 4 is 46.4 Å². The fourth-order valence-electron chi connectivity index (χ4n) is 3.44. The van der Waals surface area contributed by atoms with E-state index in [2.05, 4.69) is 25.6 Å². The number of carbonyl (C=O) groups excluding carboxylic acids is 2. The average molecular weight is 463 g/mol. The fourth-order valence-corrected chi connectivity index (χ4v) is 4.12. The zero-order chi connectivity index (χ0) is 22.8. The Balaban J connectivity index is 1.24. The largest absolute Gasteiger partial charge is 0.339 e. The highest BCUT2D eigenvalue weighted by molar-refractivity contribution is 7.14. The lowest BCUT2D eigenvalue weighted by Gasteiger charge is -2.13. The highest BCUT2D eigenvalue weighted by Crippen LogP contribution is 2.20. The molecule has 1 aliphatic rings. The van der Waals surface area contributed by atoms with Gasteiger partial charge >= 0.3 is 0 Å². The van der Waals surface area contributed by atoms with Gasteiger partial charge in [0.2, 0.25) is 17.8 Å². The van der Waals surface area contributed by atoms with E-state index in [-0.39, 0.29) is 11.8 Å². The second-order valence-electron chi connectivity index (χ2n) is 7.35. The summed E-state index contributed by atoms with van der Waals surface area (Å²) in [5, 5.41) is 7.82. The van der Waals surface area contributed by atoms with Crippen LogP contribution in [0.1, 0.15) is 33.9 Å². The monoisotopic (exact) mass is 463 g/mol. The Hall–Kier alpha value is -4.12. The molecule has 0 aliphatic carbocycles. The Labute approximate surface area is 191 Å². The first-order valence-corrected chi connectivity index (χ1v) is 11.0. The summed E-state index contributed by atoms with van der Waals surface area (Å²) in [6.45, 7) is 0.947. The summed E-state index contributed by atoms with van der Waals surface area (Å²) in [6, 6.07) is 6.50. The number of nitrogens with zero attached hydrogens (tertiary/aromatic N) is 5. The van der Waals surface area contributed by atoms with E-state index in [1.165, 1.54) is 23.6 Å². The molecule has 0 unspecified atom stereocenters. The number of rotatable bonds is 6. The SMILES string of the molecule is O=C1CCn2cc(/C=C/c3csc(NC(=O)c4cccn4Cc4ccnc(F)c4)n3)nc2N1. The van der Waals surface area contributed by atoms with Crippen LogP contribution in [0.2, 0.25) is 0 Å². The van der Waals surface area contributed by atoms with Crippen molar-refractivity contribution in [2.75, 3.05) is 10.6 Å². The number of fused-ring (bicyclic) bond motifs is 1. The molecule has 0 fully saturated rings. The van der Waals surface area contributed by atoms with Crippen LogP contribution in [0.3, 0.4) is 0 Å². The third-order valence-electron chi connectivity index (χ3n) is 5.00. The topological polar surface area (TPSA) is 107 Å². The molecular weight excluding hydrogens is 445 g/mol. The van der Waals surface area contributed by atoms with Gasteiger partial charge in [0.25, 0.3) is 5.91 Å². The minimum Gasteiger partial charge on any atom is -0.339 e. The molecule has 0 saturated carbocycles. The van der Waals surface area contributed by atoms with Crippen molar-refractivity contribution in [3.05, 3.63) is 76.8 Å². The molecule has 5 heterocycles. The number of imidazole rings is 1. The molecule has 0 saturated heterocycles. The highest BCUT2D eigenvalue weighted by Gasteiger charge is 2.16. The molecule has 9 nitrogen and oxygen atoms in total. The zero-order valence-corrected chi connectivity index (χ0v) is 18.1. The molecule has 0 atom stereocenters. The molecule has 0 bridgehead atoms. The van der Waals surface area contributed by atoms with Crippen LogP contribution in [0.5, 0.6) is 0 Å². The Kier molecular flexibility index (Phi) is 5.53. The van der Waals surface area contributed by atoms with Gasteiger partial charge in [0.1, 0.15) is 5.69 Å². The fraction of sp³-hybridized carbons (Fsp3) is 0.136. The van der Waals surface area contributed by atoms with Crippen LogP contribution in [0, 0.1) is 5.95 Å². The summed E-state index contributed by atoms with van der Waals surface area (Å²) in [6.07, 6.45) is 9.05. The molecule has 5 rings (SSSR count). The maximum atomic E-state index is 13.4. The van der Waals surface area contributed by atoms with Gasteiger partial charge in [-0.25, -0.2) is 15.0 Å². The predicted molar refractivity (Wildman–Crippen MR) is 122 cm³/mol. The van der Waals surface area contributed by atoms with E-state index in [0.717, 1.165) is 0 Å². The molecule has 166 valence electrons. The van der Waals surface area contributed by atoms with Gasteiger partial charge in [0.05, 0.1) is 11.4 Å². The van der Waals surface area contributed by atoms with E-state index in [4.69, 9.17) is 0 Å². The number of carbonyl (C=O) groups is 2. The van der Waals surface area contributed by atoms with Crippen LogP contribution < -0.4 is 10.6 Å². The number of aromatic nitrogens is 5. The Bertz CT molecular complexity index is 1370. The minimum atomic E-state index is -0.561. The Morgan fingerprint density at radius 2 is 2.15 bits per heavy atom. The number of hydrogen-bond acceptors (Lipinski definition) is 6. The minimum absolute atomic E-state index is 0.0393. The zero-order valence-electron chi connectivity index (χ0n) is 17.2. The van der Waals surface area contributed by atoms with Crippen molar-refractivity contribution in [3.8, 4) is 0 Å². The lowest BCUT2D eigenvalue weighted by molar-refractivity contribution is -0.116. The molecule has 2 N–H and O–H groups in total. The van der Waals surface area contributed by atoms with Crippen molar-refractivity contribution in [2.24, 2.45) is 0 Å². The van der Waals surface area contributed by atoms with Crippen LogP contribution in [0.4, 0.5) is 15.5 Å². The van der Waals surface area contributed by atoms with Gasteiger partial charge in [0, 0.05) is 43.5 Å². The van der Waals surface area contributed by atoms with Crippen LogP contribution in [0.25, 0.3) is 12.2 Å². The van der Waals surface area contributed by atoms with Gasteiger partial charge in [-0.2, -0.15) is 4.39 Å². The number of halogens is 1. The standard InChI is InChI=1S/C22H18FN7O2S/c23-18-10-14(5-7-24-18)11-29-8-1-2-17(29)20(32)28-22-26-16(13-33-22)4-3-15-12-30-9-6-19(31)27-21(30)25-15/h1-5,7-8,10,12-13H,6,9,11H2,(H,25,27,31)(H,26,28,32)/b4-3+. The van der Waals surface area contributed by atoms with Crippen molar-refractivity contribution < 1.29 is 14.0 Å². The summed E-state index contributed by atoms with van der Waals surface area (Å²) < 4.78 is 17.0. The number of anilines is 2. The van der Waals surface area contributed by atoms with Crippen molar-refractivity contribution in [1.29, 1.82) is 0 Å². The predicted octanol–water partition coefficient (Wildman–Crippen LogP) is 3.49. The first-order valence-electron chi connectivity index (χ1n) is 10.1. The van der Waals surface area contributed by atoms with Crippen LogP contribution in [0.15, 0.2) is 48.2 Å². The second-order valence-corrected chi connectivity index (χ2v) is 8.21. The molecule has 1 aliphatic heterocycles. The van der Waals surface area contributed by atoms with Crippen molar-refractivity contribution in [3.63, 3.8) is 0 Å². The third kappa shape index (κ3) is 4.72. The summed E-state index contributed by atoms with van der Waals surface area (Å²) in [5.74, 6) is -0.372. The number of aryl methyl sites for hydroxylation is 1. The third-order valence-corrected chi connectivity index (χ3v) is 5.78. The molecule has 0 radical (unpaired) electrons. The van der Waals surface area contributed by atoms with E-state index in [9.17, 15) is 14.0 Å². The molecule has 0 aromatic carbocycles. The quantitative estimate of drug-likeness (QED) is 0.426. The average Bonchev–Trinajstić information content (AvgIpc) is 3.51. The number of pyridine rings is 1. The maximum absolute atomic E-state index is 13.4. The van der Waals surface area contributed by atoms with Crippen molar-refractivity contribution in [2.45, 2.75) is 19.5 Å². The smallest absolute Gasteiger partial charge is 0.274 e. The van der Waals surface area contributed by atoms with E-state index in [0.29, 0.717) is 53.2 Å². The lowest BCUT2D eigenvalue weighted by atomic mass is 10.2. The summed E-state index contributed by atoms with van der Waals surface area (Å²) in [7, 11) is 0. The molecule has 4 aromatic heterocycles. The summed E-state index contributed by atoms with van der Waals surface area (Å²) in [5.41, 5.74) is 2.52. The first kappa shape index (κ1) is 20.8. The Morgan fingerprint density at radius 1 is 1.27 bits per heavy atom. The molecule has 4 aromatic rings.